The lowest BCUT2D eigenvalue weighted by atomic mass is 9.92. The van der Waals surface area contributed by atoms with Crippen LogP contribution in [0.25, 0.3) is 0 Å². The van der Waals surface area contributed by atoms with Crippen LogP contribution in [0.3, 0.4) is 0 Å². The summed E-state index contributed by atoms with van der Waals surface area (Å²) in [5.41, 5.74) is 4.09. The SMILES string of the molecule is CC(c1ccccc1)N1CCC(C(=O)N2CCc3ccccc3C2)CC1. The third-order valence-corrected chi connectivity index (χ3v) is 6.15. The number of piperidine rings is 1. The van der Waals surface area contributed by atoms with Crippen molar-refractivity contribution in [3.63, 3.8) is 0 Å². The van der Waals surface area contributed by atoms with Crippen molar-refractivity contribution in [2.75, 3.05) is 19.6 Å². The van der Waals surface area contributed by atoms with Crippen molar-refractivity contribution in [3.05, 3.63) is 71.3 Å². The molecule has 0 aliphatic carbocycles. The summed E-state index contributed by atoms with van der Waals surface area (Å²) < 4.78 is 0. The minimum Gasteiger partial charge on any atom is -0.338 e. The highest BCUT2D eigenvalue weighted by atomic mass is 16.2. The first-order chi connectivity index (χ1) is 12.7. The molecular formula is C23H28N2O. The first kappa shape index (κ1) is 17.3. The Kier molecular flexibility index (Phi) is 5.07. The largest absolute Gasteiger partial charge is 0.338 e. The molecule has 0 radical (unpaired) electrons. The zero-order valence-electron chi connectivity index (χ0n) is 15.6. The fraction of sp³-hybridized carbons (Fsp3) is 0.435. The van der Waals surface area contributed by atoms with E-state index in [9.17, 15) is 4.79 Å². The first-order valence-corrected chi connectivity index (χ1v) is 9.87. The third-order valence-electron chi connectivity index (χ3n) is 6.15. The highest BCUT2D eigenvalue weighted by Gasteiger charge is 2.31. The third kappa shape index (κ3) is 3.54. The smallest absolute Gasteiger partial charge is 0.226 e. The van der Waals surface area contributed by atoms with Crippen LogP contribution in [-0.2, 0) is 17.8 Å². The second-order valence-electron chi connectivity index (χ2n) is 7.68. The fourth-order valence-electron chi connectivity index (χ4n) is 4.42. The number of carbonyl (C=O) groups is 1. The number of hydrogen-bond donors (Lipinski definition) is 0. The average molecular weight is 348 g/mol. The van der Waals surface area contributed by atoms with Crippen molar-refractivity contribution >= 4 is 5.91 Å². The van der Waals surface area contributed by atoms with Gasteiger partial charge in [0.25, 0.3) is 0 Å². The van der Waals surface area contributed by atoms with Gasteiger partial charge in [0.05, 0.1) is 0 Å². The van der Waals surface area contributed by atoms with Crippen LogP contribution in [0.15, 0.2) is 54.6 Å². The molecule has 2 aromatic rings. The molecule has 0 bridgehead atoms. The Morgan fingerprint density at radius 3 is 2.31 bits per heavy atom. The number of rotatable bonds is 3. The topological polar surface area (TPSA) is 23.6 Å². The summed E-state index contributed by atoms with van der Waals surface area (Å²) in [4.78, 5) is 17.6. The molecule has 0 aromatic heterocycles. The Hall–Kier alpha value is -2.13. The van der Waals surface area contributed by atoms with Crippen LogP contribution in [-0.4, -0.2) is 35.3 Å². The van der Waals surface area contributed by atoms with Gasteiger partial charge in [-0.2, -0.15) is 0 Å². The summed E-state index contributed by atoms with van der Waals surface area (Å²) in [7, 11) is 0. The molecule has 1 saturated heterocycles. The van der Waals surface area contributed by atoms with Crippen molar-refractivity contribution in [2.24, 2.45) is 5.92 Å². The Labute approximate surface area is 156 Å². The van der Waals surface area contributed by atoms with Gasteiger partial charge in [-0.05, 0) is 56.0 Å². The van der Waals surface area contributed by atoms with Gasteiger partial charge in [0.2, 0.25) is 5.91 Å². The molecule has 0 spiro atoms. The van der Waals surface area contributed by atoms with Crippen LogP contribution in [0, 0.1) is 5.92 Å². The average Bonchev–Trinajstić information content (AvgIpc) is 2.73. The van der Waals surface area contributed by atoms with Crippen molar-refractivity contribution in [3.8, 4) is 0 Å². The lowest BCUT2D eigenvalue weighted by Gasteiger charge is -2.38. The van der Waals surface area contributed by atoms with Gasteiger partial charge >= 0.3 is 0 Å². The molecule has 2 heterocycles. The maximum absolute atomic E-state index is 13.0. The van der Waals surface area contributed by atoms with Crippen LogP contribution in [0.5, 0.6) is 0 Å². The predicted molar refractivity (Wildman–Crippen MR) is 105 cm³/mol. The van der Waals surface area contributed by atoms with E-state index in [4.69, 9.17) is 0 Å². The van der Waals surface area contributed by atoms with Gasteiger partial charge in [0, 0.05) is 25.0 Å². The Morgan fingerprint density at radius 2 is 1.58 bits per heavy atom. The quantitative estimate of drug-likeness (QED) is 0.836. The maximum atomic E-state index is 13.0. The van der Waals surface area contributed by atoms with E-state index in [1.54, 1.807) is 0 Å². The van der Waals surface area contributed by atoms with Gasteiger partial charge < -0.3 is 4.90 Å². The minimum atomic E-state index is 0.194. The number of amides is 1. The number of carbonyl (C=O) groups excluding carboxylic acids is 1. The second-order valence-corrected chi connectivity index (χ2v) is 7.68. The zero-order valence-corrected chi connectivity index (χ0v) is 15.6. The van der Waals surface area contributed by atoms with E-state index in [1.807, 2.05) is 0 Å². The van der Waals surface area contributed by atoms with Crippen LogP contribution in [0.4, 0.5) is 0 Å². The summed E-state index contributed by atoms with van der Waals surface area (Å²) in [6.07, 6.45) is 2.95. The highest BCUT2D eigenvalue weighted by molar-refractivity contribution is 5.79. The predicted octanol–water partition coefficient (Wildman–Crippen LogP) is 4.04. The molecule has 3 nitrogen and oxygen atoms in total. The molecule has 2 aromatic carbocycles. The molecule has 3 heteroatoms. The molecule has 136 valence electrons. The number of fused-ring (bicyclic) bond motifs is 1. The molecular weight excluding hydrogens is 320 g/mol. The lowest BCUT2D eigenvalue weighted by molar-refractivity contribution is -0.138. The molecule has 0 N–H and O–H groups in total. The van der Waals surface area contributed by atoms with E-state index in [0.717, 1.165) is 45.4 Å². The van der Waals surface area contributed by atoms with E-state index in [2.05, 4.69) is 71.3 Å². The maximum Gasteiger partial charge on any atom is 0.226 e. The van der Waals surface area contributed by atoms with Crippen molar-refractivity contribution in [2.45, 2.75) is 38.8 Å². The van der Waals surface area contributed by atoms with Gasteiger partial charge in [0.1, 0.15) is 0 Å². The number of likely N-dealkylation sites (tertiary alicyclic amines) is 1. The summed E-state index contributed by atoms with van der Waals surface area (Å²) in [6, 6.07) is 19.6. The molecule has 1 atom stereocenters. The van der Waals surface area contributed by atoms with Gasteiger partial charge in [0.15, 0.2) is 0 Å². The Morgan fingerprint density at radius 1 is 0.923 bits per heavy atom. The van der Waals surface area contributed by atoms with Crippen molar-refractivity contribution < 1.29 is 4.79 Å². The van der Waals surface area contributed by atoms with Gasteiger partial charge in [-0.1, -0.05) is 54.6 Å². The summed E-state index contributed by atoms with van der Waals surface area (Å²) >= 11 is 0. The molecule has 1 fully saturated rings. The lowest BCUT2D eigenvalue weighted by Crippen LogP contribution is -2.44. The summed E-state index contributed by atoms with van der Waals surface area (Å²) in [5.74, 6) is 0.561. The summed E-state index contributed by atoms with van der Waals surface area (Å²) in [5, 5.41) is 0. The normalized spacial score (nSPS) is 19.8. The minimum absolute atomic E-state index is 0.194. The van der Waals surface area contributed by atoms with Crippen LogP contribution in [0.2, 0.25) is 0 Å². The molecule has 0 saturated carbocycles. The van der Waals surface area contributed by atoms with Gasteiger partial charge in [-0.25, -0.2) is 0 Å². The fourth-order valence-corrected chi connectivity index (χ4v) is 4.42. The second kappa shape index (κ2) is 7.63. The number of benzene rings is 2. The molecule has 1 amide bonds. The molecule has 26 heavy (non-hydrogen) atoms. The van der Waals surface area contributed by atoms with E-state index in [-0.39, 0.29) is 5.92 Å². The molecule has 1 unspecified atom stereocenters. The van der Waals surface area contributed by atoms with Crippen LogP contribution in [0.1, 0.15) is 42.5 Å². The number of hydrogen-bond acceptors (Lipinski definition) is 2. The van der Waals surface area contributed by atoms with E-state index in [0.29, 0.717) is 11.9 Å². The molecule has 4 rings (SSSR count). The molecule has 2 aliphatic rings. The van der Waals surface area contributed by atoms with Gasteiger partial charge in [-0.3, -0.25) is 9.69 Å². The van der Waals surface area contributed by atoms with E-state index >= 15 is 0 Å². The summed E-state index contributed by atoms with van der Waals surface area (Å²) in [6.45, 7) is 5.96. The monoisotopic (exact) mass is 348 g/mol. The number of nitrogens with zero attached hydrogens (tertiary/aromatic N) is 2. The van der Waals surface area contributed by atoms with Gasteiger partial charge in [-0.15, -0.1) is 0 Å². The Bertz CT molecular complexity index is 750. The van der Waals surface area contributed by atoms with Crippen LogP contribution < -0.4 is 0 Å². The first-order valence-electron chi connectivity index (χ1n) is 9.87. The zero-order chi connectivity index (χ0) is 17.9. The highest BCUT2D eigenvalue weighted by Crippen LogP contribution is 2.29. The van der Waals surface area contributed by atoms with E-state index in [1.165, 1.54) is 16.7 Å². The van der Waals surface area contributed by atoms with E-state index < -0.39 is 0 Å². The van der Waals surface area contributed by atoms with Crippen LogP contribution >= 0.6 is 0 Å². The van der Waals surface area contributed by atoms with Crippen molar-refractivity contribution in [1.29, 1.82) is 0 Å². The Balaban J connectivity index is 1.34. The molecule has 2 aliphatic heterocycles. The standard InChI is InChI=1S/C23H28N2O/c1-18(19-7-3-2-4-8-19)24-14-12-21(13-15-24)23(26)25-16-11-20-9-5-6-10-22(20)17-25/h2-10,18,21H,11-17H2,1H3. The van der Waals surface area contributed by atoms with Crippen molar-refractivity contribution in [1.82, 2.24) is 9.80 Å².